The molecule has 0 bridgehead atoms. The zero-order valence-corrected chi connectivity index (χ0v) is 14.8. The Morgan fingerprint density at radius 3 is 3.04 bits per heavy atom. The molecule has 0 aromatic carbocycles. The van der Waals surface area contributed by atoms with E-state index < -0.39 is 0 Å². The monoisotopic (exact) mass is 352 g/mol. The average Bonchev–Trinajstić information content (AvgIpc) is 3.31. The second kappa shape index (κ2) is 7.26. The summed E-state index contributed by atoms with van der Waals surface area (Å²) in [5, 5.41) is 5.60. The van der Waals surface area contributed by atoms with Crippen LogP contribution in [0.4, 0.5) is 5.82 Å². The average molecular weight is 352 g/mol. The third kappa shape index (κ3) is 3.68. The van der Waals surface area contributed by atoms with E-state index in [0.29, 0.717) is 17.8 Å². The maximum Gasteiger partial charge on any atom is 0.163 e. The Balaban J connectivity index is 1.49. The molecule has 1 aliphatic rings. The van der Waals surface area contributed by atoms with Crippen molar-refractivity contribution in [3.05, 3.63) is 58.7 Å². The molecule has 128 valence electrons. The van der Waals surface area contributed by atoms with Crippen LogP contribution < -0.4 is 16.2 Å². The van der Waals surface area contributed by atoms with Gasteiger partial charge in [-0.1, -0.05) is 6.07 Å². The first-order chi connectivity index (χ1) is 12.3. The lowest BCUT2D eigenvalue weighted by Crippen LogP contribution is -2.25. The van der Waals surface area contributed by atoms with Crippen molar-refractivity contribution < 1.29 is 0 Å². The Kier molecular flexibility index (Phi) is 4.69. The lowest BCUT2D eigenvalue weighted by atomic mass is 10.0. The molecule has 1 fully saturated rings. The zero-order chi connectivity index (χ0) is 17.1. The molecule has 6 nitrogen and oxygen atoms in total. The fourth-order valence-corrected chi connectivity index (χ4v) is 3.89. The van der Waals surface area contributed by atoms with Crippen LogP contribution in [0.15, 0.2) is 48.1 Å². The van der Waals surface area contributed by atoms with Crippen LogP contribution in [0.25, 0.3) is 11.4 Å². The highest BCUT2D eigenvalue weighted by Gasteiger charge is 2.28. The van der Waals surface area contributed by atoms with Gasteiger partial charge in [-0.3, -0.25) is 10.4 Å². The molecule has 0 amide bonds. The zero-order valence-electron chi connectivity index (χ0n) is 13.9. The van der Waals surface area contributed by atoms with Crippen LogP contribution in [0.3, 0.4) is 0 Å². The molecular formula is C18H20N6S. The summed E-state index contributed by atoms with van der Waals surface area (Å²) < 4.78 is 0. The molecular weight excluding hydrogens is 332 g/mol. The van der Waals surface area contributed by atoms with Crippen LogP contribution >= 0.6 is 11.3 Å². The number of thiophene rings is 1. The second-order valence-electron chi connectivity index (χ2n) is 6.12. The number of rotatable bonds is 5. The highest BCUT2D eigenvalue weighted by atomic mass is 32.1. The molecule has 7 heteroatoms. The maximum atomic E-state index is 4.65. The van der Waals surface area contributed by atoms with Gasteiger partial charge in [0.25, 0.3) is 0 Å². The van der Waals surface area contributed by atoms with Crippen LogP contribution in [-0.4, -0.2) is 28.0 Å². The van der Waals surface area contributed by atoms with Crippen molar-refractivity contribution in [3.63, 3.8) is 0 Å². The molecule has 3 aromatic rings. The summed E-state index contributed by atoms with van der Waals surface area (Å²) in [6.45, 7) is 3.75. The number of aryl methyl sites for hydroxylation is 1. The first-order valence-electron chi connectivity index (χ1n) is 8.31. The first-order valence-corrected chi connectivity index (χ1v) is 9.19. The Labute approximate surface area is 150 Å². The number of nitrogens with zero attached hydrogens (tertiary/aromatic N) is 3. The quantitative estimate of drug-likeness (QED) is 0.656. The van der Waals surface area contributed by atoms with Gasteiger partial charge in [0.1, 0.15) is 5.82 Å². The van der Waals surface area contributed by atoms with Gasteiger partial charge in [0.15, 0.2) is 5.82 Å². The van der Waals surface area contributed by atoms with E-state index in [4.69, 9.17) is 0 Å². The minimum Gasteiger partial charge on any atom is -0.370 e. The summed E-state index contributed by atoms with van der Waals surface area (Å²) in [7, 11) is 0. The summed E-state index contributed by atoms with van der Waals surface area (Å²) in [6, 6.07) is 10.5. The third-order valence-corrected chi connectivity index (χ3v) is 5.22. The van der Waals surface area contributed by atoms with E-state index in [9.17, 15) is 0 Å². The SMILES string of the molecule is Cc1cc(NCC2CNNC2c2cccs2)nc(-c2cccnc2)n1. The first kappa shape index (κ1) is 16.1. The fraction of sp³-hybridized carbons (Fsp3) is 0.278. The van der Waals surface area contributed by atoms with Crippen molar-refractivity contribution >= 4 is 17.2 Å². The van der Waals surface area contributed by atoms with E-state index in [-0.39, 0.29) is 0 Å². The smallest absolute Gasteiger partial charge is 0.163 e. The van der Waals surface area contributed by atoms with Gasteiger partial charge >= 0.3 is 0 Å². The van der Waals surface area contributed by atoms with Crippen LogP contribution in [0.1, 0.15) is 16.6 Å². The Bertz CT molecular complexity index is 821. The molecule has 3 aromatic heterocycles. The predicted molar refractivity (Wildman–Crippen MR) is 100 cm³/mol. The van der Waals surface area contributed by atoms with E-state index in [2.05, 4.69) is 48.6 Å². The van der Waals surface area contributed by atoms with E-state index in [1.54, 1.807) is 23.7 Å². The number of aromatic nitrogens is 3. The van der Waals surface area contributed by atoms with Crippen LogP contribution in [0.5, 0.6) is 0 Å². The second-order valence-corrected chi connectivity index (χ2v) is 7.10. The summed E-state index contributed by atoms with van der Waals surface area (Å²) in [5.74, 6) is 2.01. The van der Waals surface area contributed by atoms with Crippen molar-refractivity contribution in [2.24, 2.45) is 5.92 Å². The lowest BCUT2D eigenvalue weighted by Gasteiger charge is -2.18. The largest absolute Gasteiger partial charge is 0.370 e. The van der Waals surface area contributed by atoms with Gasteiger partial charge in [-0.2, -0.15) is 0 Å². The van der Waals surface area contributed by atoms with Gasteiger partial charge < -0.3 is 5.32 Å². The van der Waals surface area contributed by atoms with Gasteiger partial charge in [-0.05, 0) is 30.5 Å². The van der Waals surface area contributed by atoms with Crippen molar-refractivity contribution in [2.45, 2.75) is 13.0 Å². The van der Waals surface area contributed by atoms with Crippen molar-refractivity contribution in [1.82, 2.24) is 25.8 Å². The van der Waals surface area contributed by atoms with Crippen LogP contribution in [0.2, 0.25) is 0 Å². The molecule has 0 saturated carbocycles. The van der Waals surface area contributed by atoms with E-state index in [1.165, 1.54) is 4.88 Å². The molecule has 25 heavy (non-hydrogen) atoms. The van der Waals surface area contributed by atoms with Crippen molar-refractivity contribution in [2.75, 3.05) is 18.4 Å². The van der Waals surface area contributed by atoms with Crippen LogP contribution in [0, 0.1) is 12.8 Å². The number of hydrazine groups is 1. The molecule has 0 radical (unpaired) electrons. The van der Waals surface area contributed by atoms with Gasteiger partial charge in [0.2, 0.25) is 0 Å². The van der Waals surface area contributed by atoms with Gasteiger partial charge in [-0.25, -0.2) is 15.4 Å². The molecule has 0 spiro atoms. The van der Waals surface area contributed by atoms with Gasteiger partial charge in [0, 0.05) is 53.6 Å². The van der Waals surface area contributed by atoms with Gasteiger partial charge in [0.05, 0.1) is 6.04 Å². The van der Waals surface area contributed by atoms with E-state index >= 15 is 0 Å². The summed E-state index contributed by atoms with van der Waals surface area (Å²) in [5.41, 5.74) is 8.51. The molecule has 4 heterocycles. The maximum absolute atomic E-state index is 4.65. The molecule has 4 rings (SSSR count). The summed E-state index contributed by atoms with van der Waals surface area (Å²) in [6.07, 6.45) is 3.54. The predicted octanol–water partition coefficient (Wildman–Crippen LogP) is 2.79. The summed E-state index contributed by atoms with van der Waals surface area (Å²) in [4.78, 5) is 14.7. The third-order valence-electron chi connectivity index (χ3n) is 4.26. The minimum atomic E-state index is 0.327. The molecule has 2 atom stereocenters. The Morgan fingerprint density at radius 1 is 1.28 bits per heavy atom. The highest BCUT2D eigenvalue weighted by molar-refractivity contribution is 7.10. The van der Waals surface area contributed by atoms with Crippen LogP contribution in [-0.2, 0) is 0 Å². The van der Waals surface area contributed by atoms with Crippen molar-refractivity contribution in [3.8, 4) is 11.4 Å². The fourth-order valence-electron chi connectivity index (χ4n) is 3.02. The number of hydrogen-bond acceptors (Lipinski definition) is 7. The summed E-state index contributed by atoms with van der Waals surface area (Å²) >= 11 is 1.78. The van der Waals surface area contributed by atoms with E-state index in [1.807, 2.05) is 25.1 Å². The lowest BCUT2D eigenvalue weighted by molar-refractivity contribution is 0.500. The number of anilines is 1. The van der Waals surface area contributed by atoms with E-state index in [0.717, 1.165) is 30.2 Å². The molecule has 1 saturated heterocycles. The standard InChI is InChI=1S/C18H20N6S/c1-12-8-16(23-18(22-12)13-4-2-6-19-9-13)20-10-14-11-21-24-17(14)15-5-3-7-25-15/h2-9,14,17,21,24H,10-11H2,1H3,(H,20,22,23). The molecule has 1 aliphatic heterocycles. The molecule has 2 unspecified atom stereocenters. The minimum absolute atomic E-state index is 0.327. The normalized spacial score (nSPS) is 19.9. The highest BCUT2D eigenvalue weighted by Crippen LogP contribution is 2.28. The van der Waals surface area contributed by atoms with Crippen molar-refractivity contribution in [1.29, 1.82) is 0 Å². The Hall–Kier alpha value is -2.35. The number of nitrogens with one attached hydrogen (secondary N) is 3. The van der Waals surface area contributed by atoms with Gasteiger partial charge in [-0.15, -0.1) is 11.3 Å². The topological polar surface area (TPSA) is 74.8 Å². The Morgan fingerprint density at radius 2 is 2.24 bits per heavy atom. The number of hydrogen-bond donors (Lipinski definition) is 3. The number of pyridine rings is 1. The molecule has 0 aliphatic carbocycles. The molecule has 3 N–H and O–H groups in total.